The fourth-order valence-electron chi connectivity index (χ4n) is 3.74. The van der Waals surface area contributed by atoms with E-state index in [0.29, 0.717) is 18.2 Å². The number of fused-ring (bicyclic) bond motifs is 1. The van der Waals surface area contributed by atoms with Crippen LogP contribution in [-0.2, 0) is 17.9 Å². The number of rotatable bonds is 8. The number of ether oxygens (including phenoxy) is 2. The molecule has 0 bridgehead atoms. The molecular formula is C26H24N4O3S. The summed E-state index contributed by atoms with van der Waals surface area (Å²) in [5, 5.41) is 12.5. The van der Waals surface area contributed by atoms with Gasteiger partial charge in [0.2, 0.25) is 12.7 Å². The van der Waals surface area contributed by atoms with Gasteiger partial charge in [0, 0.05) is 12.1 Å². The predicted octanol–water partition coefficient (Wildman–Crippen LogP) is 4.44. The van der Waals surface area contributed by atoms with Gasteiger partial charge in [-0.2, -0.15) is 0 Å². The quantitative estimate of drug-likeness (QED) is 0.382. The van der Waals surface area contributed by atoms with Crippen molar-refractivity contribution in [3.63, 3.8) is 0 Å². The Labute approximate surface area is 202 Å². The number of amides is 1. The molecule has 1 aliphatic rings. The van der Waals surface area contributed by atoms with E-state index in [1.165, 1.54) is 11.8 Å². The van der Waals surface area contributed by atoms with E-state index in [1.807, 2.05) is 84.3 Å². The molecule has 34 heavy (non-hydrogen) atoms. The molecule has 1 aliphatic heterocycles. The van der Waals surface area contributed by atoms with Crippen LogP contribution >= 0.6 is 11.8 Å². The van der Waals surface area contributed by atoms with E-state index in [4.69, 9.17) is 9.47 Å². The summed E-state index contributed by atoms with van der Waals surface area (Å²) in [4.78, 5) is 12.6. The highest BCUT2D eigenvalue weighted by Gasteiger charge is 2.18. The maximum absolute atomic E-state index is 12.6. The first kappa shape index (κ1) is 22.0. The third-order valence-corrected chi connectivity index (χ3v) is 6.56. The van der Waals surface area contributed by atoms with E-state index in [2.05, 4.69) is 15.5 Å². The van der Waals surface area contributed by atoms with Crippen LogP contribution in [0.1, 0.15) is 16.7 Å². The van der Waals surface area contributed by atoms with Crippen molar-refractivity contribution in [3.05, 3.63) is 89.5 Å². The molecule has 7 nitrogen and oxygen atoms in total. The normalized spacial score (nSPS) is 12.0. The number of aromatic nitrogens is 3. The standard InChI is InChI=1S/C26H24N4O3S/c1-18-7-5-6-10-21(18)14-27-24(31)16-34-26-29-28-25(20-8-3-2-4-9-20)30(26)15-19-11-12-22-23(13-19)33-17-32-22/h2-13H,14-17H2,1H3,(H,27,31). The van der Waals surface area contributed by atoms with Gasteiger partial charge >= 0.3 is 0 Å². The second-order valence-electron chi connectivity index (χ2n) is 7.94. The predicted molar refractivity (Wildman–Crippen MR) is 131 cm³/mol. The van der Waals surface area contributed by atoms with Crippen LogP contribution in [-0.4, -0.2) is 33.2 Å². The monoisotopic (exact) mass is 472 g/mol. The molecule has 8 heteroatoms. The van der Waals surface area contributed by atoms with Crippen LogP contribution in [0.15, 0.2) is 78.0 Å². The summed E-state index contributed by atoms with van der Waals surface area (Å²) in [5.41, 5.74) is 4.27. The summed E-state index contributed by atoms with van der Waals surface area (Å²) in [6.07, 6.45) is 0. The van der Waals surface area contributed by atoms with Crippen LogP contribution in [0, 0.1) is 6.92 Å². The fourth-order valence-corrected chi connectivity index (χ4v) is 4.51. The lowest BCUT2D eigenvalue weighted by molar-refractivity contribution is -0.118. The maximum atomic E-state index is 12.6. The molecule has 0 aliphatic carbocycles. The highest BCUT2D eigenvalue weighted by molar-refractivity contribution is 7.99. The van der Waals surface area contributed by atoms with E-state index < -0.39 is 0 Å². The van der Waals surface area contributed by atoms with Crippen molar-refractivity contribution in [3.8, 4) is 22.9 Å². The smallest absolute Gasteiger partial charge is 0.231 e. The molecule has 172 valence electrons. The fraction of sp³-hybridized carbons (Fsp3) is 0.192. The first-order chi connectivity index (χ1) is 16.7. The third-order valence-electron chi connectivity index (χ3n) is 5.60. The van der Waals surface area contributed by atoms with E-state index in [0.717, 1.165) is 39.6 Å². The molecule has 5 rings (SSSR count). The molecule has 0 atom stereocenters. The molecular weight excluding hydrogens is 448 g/mol. The zero-order chi connectivity index (χ0) is 23.3. The molecule has 2 heterocycles. The highest BCUT2D eigenvalue weighted by Crippen LogP contribution is 2.33. The third kappa shape index (κ3) is 4.92. The topological polar surface area (TPSA) is 78.3 Å². The lowest BCUT2D eigenvalue weighted by atomic mass is 10.1. The number of hydrogen-bond donors (Lipinski definition) is 1. The van der Waals surface area contributed by atoms with E-state index in [-0.39, 0.29) is 18.5 Å². The minimum atomic E-state index is -0.0489. The minimum absolute atomic E-state index is 0.0489. The number of carbonyl (C=O) groups excluding carboxylic acids is 1. The van der Waals surface area contributed by atoms with Gasteiger partial charge in [0.15, 0.2) is 22.5 Å². The average Bonchev–Trinajstić information content (AvgIpc) is 3.49. The zero-order valence-electron chi connectivity index (χ0n) is 18.7. The Morgan fingerprint density at radius 3 is 2.65 bits per heavy atom. The first-order valence-corrected chi connectivity index (χ1v) is 12.0. The lowest BCUT2D eigenvalue weighted by Gasteiger charge is -2.11. The van der Waals surface area contributed by atoms with Gasteiger partial charge in [-0.3, -0.25) is 9.36 Å². The number of thioether (sulfide) groups is 1. The molecule has 0 unspecified atom stereocenters. The summed E-state index contributed by atoms with van der Waals surface area (Å²) in [6.45, 7) is 3.33. The molecule has 1 N–H and O–H groups in total. The van der Waals surface area contributed by atoms with E-state index >= 15 is 0 Å². The van der Waals surface area contributed by atoms with E-state index in [1.54, 1.807) is 0 Å². The summed E-state index contributed by atoms with van der Waals surface area (Å²) >= 11 is 1.38. The maximum Gasteiger partial charge on any atom is 0.231 e. The first-order valence-electron chi connectivity index (χ1n) is 11.0. The van der Waals surface area contributed by atoms with Crippen LogP contribution in [0.5, 0.6) is 11.5 Å². The Balaban J connectivity index is 1.33. The van der Waals surface area contributed by atoms with Gasteiger partial charge in [-0.1, -0.05) is 72.4 Å². The van der Waals surface area contributed by atoms with Gasteiger partial charge in [0.25, 0.3) is 0 Å². The molecule has 0 saturated heterocycles. The largest absolute Gasteiger partial charge is 0.454 e. The van der Waals surface area contributed by atoms with Crippen molar-refractivity contribution in [2.24, 2.45) is 0 Å². The summed E-state index contributed by atoms with van der Waals surface area (Å²) in [7, 11) is 0. The second kappa shape index (κ2) is 10.0. The highest BCUT2D eigenvalue weighted by atomic mass is 32.2. The molecule has 0 spiro atoms. The van der Waals surface area contributed by atoms with Gasteiger partial charge in [-0.25, -0.2) is 0 Å². The van der Waals surface area contributed by atoms with Crippen LogP contribution < -0.4 is 14.8 Å². The van der Waals surface area contributed by atoms with Gasteiger partial charge in [0.05, 0.1) is 12.3 Å². The molecule has 0 radical (unpaired) electrons. The Morgan fingerprint density at radius 1 is 1.00 bits per heavy atom. The van der Waals surface area contributed by atoms with Gasteiger partial charge < -0.3 is 14.8 Å². The van der Waals surface area contributed by atoms with Gasteiger partial charge in [-0.05, 0) is 35.7 Å². The molecule has 4 aromatic rings. The minimum Gasteiger partial charge on any atom is -0.454 e. The number of aryl methyl sites for hydroxylation is 1. The summed E-state index contributed by atoms with van der Waals surface area (Å²) in [6, 6.07) is 23.9. The summed E-state index contributed by atoms with van der Waals surface area (Å²) in [5.74, 6) is 2.43. The van der Waals surface area contributed by atoms with Gasteiger partial charge in [-0.15, -0.1) is 10.2 Å². The van der Waals surface area contributed by atoms with Crippen molar-refractivity contribution in [1.82, 2.24) is 20.1 Å². The Morgan fingerprint density at radius 2 is 1.79 bits per heavy atom. The van der Waals surface area contributed by atoms with Crippen molar-refractivity contribution < 1.29 is 14.3 Å². The van der Waals surface area contributed by atoms with Crippen LogP contribution in [0.2, 0.25) is 0 Å². The van der Waals surface area contributed by atoms with Crippen molar-refractivity contribution in [2.45, 2.75) is 25.2 Å². The van der Waals surface area contributed by atoms with E-state index in [9.17, 15) is 4.79 Å². The molecule has 1 amide bonds. The molecule has 1 aromatic heterocycles. The number of benzene rings is 3. The summed E-state index contributed by atoms with van der Waals surface area (Å²) < 4.78 is 13.0. The lowest BCUT2D eigenvalue weighted by Crippen LogP contribution is -2.25. The Kier molecular flexibility index (Phi) is 6.49. The van der Waals surface area contributed by atoms with Crippen LogP contribution in [0.25, 0.3) is 11.4 Å². The Hall–Kier alpha value is -3.78. The van der Waals surface area contributed by atoms with Crippen molar-refractivity contribution in [1.29, 1.82) is 0 Å². The van der Waals surface area contributed by atoms with Crippen molar-refractivity contribution >= 4 is 17.7 Å². The average molecular weight is 473 g/mol. The zero-order valence-corrected chi connectivity index (χ0v) is 19.5. The molecule has 0 fully saturated rings. The number of nitrogens with one attached hydrogen (secondary N) is 1. The second-order valence-corrected chi connectivity index (χ2v) is 8.88. The number of carbonyl (C=O) groups is 1. The number of hydrogen-bond acceptors (Lipinski definition) is 6. The van der Waals surface area contributed by atoms with Crippen LogP contribution in [0.3, 0.4) is 0 Å². The molecule has 3 aromatic carbocycles. The SMILES string of the molecule is Cc1ccccc1CNC(=O)CSc1nnc(-c2ccccc2)n1Cc1ccc2c(c1)OCO2. The van der Waals surface area contributed by atoms with Gasteiger partial charge in [0.1, 0.15) is 0 Å². The van der Waals surface area contributed by atoms with Crippen LogP contribution in [0.4, 0.5) is 0 Å². The molecule has 0 saturated carbocycles. The Bertz CT molecular complexity index is 1310. The van der Waals surface area contributed by atoms with Crippen molar-refractivity contribution in [2.75, 3.05) is 12.5 Å². The number of nitrogens with zero attached hydrogens (tertiary/aromatic N) is 3.